The second-order valence-electron chi connectivity index (χ2n) is 9.83. The van der Waals surface area contributed by atoms with Crippen molar-refractivity contribution < 1.29 is 32.6 Å². The Kier molecular flexibility index (Phi) is 11.1. The summed E-state index contributed by atoms with van der Waals surface area (Å²) >= 11 is 1.40. The van der Waals surface area contributed by atoms with Gasteiger partial charge in [-0.2, -0.15) is 4.39 Å². The van der Waals surface area contributed by atoms with Crippen molar-refractivity contribution in [1.29, 1.82) is 0 Å². The normalized spacial score (nSPS) is 13.8. The van der Waals surface area contributed by atoms with E-state index in [4.69, 9.17) is 14.2 Å². The van der Waals surface area contributed by atoms with Crippen molar-refractivity contribution in [3.8, 4) is 17.0 Å². The van der Waals surface area contributed by atoms with Crippen LogP contribution < -0.4 is 20.3 Å². The number of unbranched alkanes of at least 4 members (excludes halogenated alkanes) is 3. The van der Waals surface area contributed by atoms with Gasteiger partial charge >= 0.3 is 6.09 Å². The van der Waals surface area contributed by atoms with E-state index in [1.807, 2.05) is 20.8 Å². The number of nitrogens with one attached hydrogen (secondary N) is 2. The van der Waals surface area contributed by atoms with Crippen molar-refractivity contribution in [3.05, 3.63) is 29.1 Å². The molecule has 1 saturated heterocycles. The molecule has 0 radical (unpaired) electrons. The predicted octanol–water partition coefficient (Wildman–Crippen LogP) is 4.51. The minimum absolute atomic E-state index is 0.285. The van der Waals surface area contributed by atoms with Crippen molar-refractivity contribution in [1.82, 2.24) is 15.6 Å². The van der Waals surface area contributed by atoms with Crippen LogP contribution in [0.4, 0.5) is 18.7 Å². The average molecular weight is 555 g/mol. The van der Waals surface area contributed by atoms with Crippen molar-refractivity contribution in [3.63, 3.8) is 0 Å². The summed E-state index contributed by atoms with van der Waals surface area (Å²) in [6.07, 6.45) is 2.83. The first-order valence-corrected chi connectivity index (χ1v) is 13.6. The van der Waals surface area contributed by atoms with Gasteiger partial charge in [-0.15, -0.1) is 11.3 Å². The van der Waals surface area contributed by atoms with E-state index in [9.17, 15) is 18.4 Å². The number of amides is 2. The van der Waals surface area contributed by atoms with Gasteiger partial charge in [0.05, 0.1) is 18.9 Å². The summed E-state index contributed by atoms with van der Waals surface area (Å²) in [5, 5.41) is 7.95. The van der Waals surface area contributed by atoms with Crippen LogP contribution >= 0.6 is 11.3 Å². The van der Waals surface area contributed by atoms with Crippen molar-refractivity contribution >= 4 is 28.5 Å². The van der Waals surface area contributed by atoms with E-state index in [2.05, 4.69) is 20.5 Å². The molecule has 1 fully saturated rings. The number of nitrogens with zero attached hydrogens (tertiary/aromatic N) is 2. The third kappa shape index (κ3) is 9.39. The number of alkyl carbamates (subject to hydrolysis) is 1. The van der Waals surface area contributed by atoms with Crippen LogP contribution in [-0.4, -0.2) is 68.6 Å². The highest BCUT2D eigenvalue weighted by Crippen LogP contribution is 2.36. The van der Waals surface area contributed by atoms with E-state index >= 15 is 0 Å². The van der Waals surface area contributed by atoms with Crippen LogP contribution in [0.25, 0.3) is 11.3 Å². The Morgan fingerprint density at radius 3 is 2.45 bits per heavy atom. The minimum atomic E-state index is -1.16. The molecule has 1 aromatic carbocycles. The van der Waals surface area contributed by atoms with Gasteiger partial charge in [0.15, 0.2) is 23.3 Å². The van der Waals surface area contributed by atoms with Crippen LogP contribution in [-0.2, 0) is 14.3 Å². The number of carbonyl (C=O) groups excluding carboxylic acids is 2. The maximum absolute atomic E-state index is 14.6. The lowest BCUT2D eigenvalue weighted by Gasteiger charge is -2.26. The standard InChI is InChI=1S/C26H36F2N4O5S/c1-26(2,3)37-25(34)30-11-7-5-4-6-10-29-21(33)16-36-23-18(8-9-19(27)22(23)28)20-17-38-24(31-20)32-12-14-35-15-13-32/h8-9,17H,4-7,10-16H2,1-3H3,(H,29,33)(H,30,34). The fraction of sp³-hybridized carbons (Fsp3) is 0.577. The number of ether oxygens (including phenoxy) is 3. The van der Waals surface area contributed by atoms with Crippen LogP contribution in [0, 0.1) is 11.6 Å². The molecule has 0 atom stereocenters. The molecule has 1 aliphatic heterocycles. The Morgan fingerprint density at radius 1 is 1.08 bits per heavy atom. The maximum atomic E-state index is 14.6. The molecule has 3 rings (SSSR count). The highest BCUT2D eigenvalue weighted by Gasteiger charge is 2.21. The molecule has 0 saturated carbocycles. The predicted molar refractivity (Wildman–Crippen MR) is 142 cm³/mol. The Labute approximate surface area is 225 Å². The van der Waals surface area contributed by atoms with Gasteiger partial charge in [-0.3, -0.25) is 4.79 Å². The molecule has 2 N–H and O–H groups in total. The fourth-order valence-electron chi connectivity index (χ4n) is 3.69. The summed E-state index contributed by atoms with van der Waals surface area (Å²) in [7, 11) is 0. The summed E-state index contributed by atoms with van der Waals surface area (Å²) in [4.78, 5) is 30.5. The second-order valence-corrected chi connectivity index (χ2v) is 10.7. The van der Waals surface area contributed by atoms with E-state index in [1.165, 1.54) is 17.4 Å². The number of benzene rings is 1. The highest BCUT2D eigenvalue weighted by molar-refractivity contribution is 7.14. The molecular weight excluding hydrogens is 518 g/mol. The smallest absolute Gasteiger partial charge is 0.407 e. The van der Waals surface area contributed by atoms with Crippen LogP contribution in [0.15, 0.2) is 17.5 Å². The third-order valence-corrected chi connectivity index (χ3v) is 6.44. The molecule has 2 aromatic rings. The highest BCUT2D eigenvalue weighted by atomic mass is 32.1. The summed E-state index contributed by atoms with van der Waals surface area (Å²) < 4.78 is 44.6. The molecule has 1 aliphatic rings. The molecule has 2 amide bonds. The lowest BCUT2D eigenvalue weighted by atomic mass is 10.1. The van der Waals surface area contributed by atoms with Gasteiger partial charge < -0.3 is 29.7 Å². The molecule has 210 valence electrons. The number of aromatic nitrogens is 1. The van der Waals surface area contributed by atoms with Gasteiger partial charge in [-0.05, 0) is 45.7 Å². The van der Waals surface area contributed by atoms with Gasteiger partial charge in [-0.25, -0.2) is 14.2 Å². The van der Waals surface area contributed by atoms with Crippen molar-refractivity contribution in [2.24, 2.45) is 0 Å². The third-order valence-electron chi connectivity index (χ3n) is 5.54. The summed E-state index contributed by atoms with van der Waals surface area (Å²) in [6.45, 7) is 8.54. The fourth-order valence-corrected chi connectivity index (χ4v) is 4.57. The van der Waals surface area contributed by atoms with E-state index in [0.717, 1.165) is 36.9 Å². The average Bonchev–Trinajstić information content (AvgIpc) is 3.36. The molecule has 0 unspecified atom stereocenters. The first-order chi connectivity index (χ1) is 18.1. The number of hydrogen-bond donors (Lipinski definition) is 2. The molecule has 38 heavy (non-hydrogen) atoms. The van der Waals surface area contributed by atoms with Crippen LogP contribution in [0.1, 0.15) is 46.5 Å². The molecule has 0 aliphatic carbocycles. The Balaban J connectivity index is 1.41. The molecule has 12 heteroatoms. The number of morpholine rings is 1. The summed E-state index contributed by atoms with van der Waals surface area (Å²) in [5.74, 6) is -2.99. The SMILES string of the molecule is CC(C)(C)OC(=O)NCCCCCCNC(=O)COc1c(-c2csc(N3CCOCC3)n2)ccc(F)c1F. The number of anilines is 1. The topological polar surface area (TPSA) is 102 Å². The second kappa shape index (κ2) is 14.2. The lowest BCUT2D eigenvalue weighted by molar-refractivity contribution is -0.123. The monoisotopic (exact) mass is 554 g/mol. The molecule has 0 bridgehead atoms. The summed E-state index contributed by atoms with van der Waals surface area (Å²) in [5.41, 5.74) is 0.209. The first kappa shape index (κ1) is 29.6. The Hall–Kier alpha value is -2.99. The van der Waals surface area contributed by atoms with Crippen molar-refractivity contribution in [2.75, 3.05) is 50.9 Å². The number of hydrogen-bond acceptors (Lipinski definition) is 8. The lowest BCUT2D eigenvalue weighted by Crippen LogP contribution is -2.36. The zero-order valence-electron chi connectivity index (χ0n) is 22.1. The number of halogens is 2. The number of rotatable bonds is 12. The molecule has 1 aromatic heterocycles. The van der Waals surface area contributed by atoms with E-state index in [-0.39, 0.29) is 11.3 Å². The van der Waals surface area contributed by atoms with Gasteiger partial charge in [0.25, 0.3) is 5.91 Å². The maximum Gasteiger partial charge on any atom is 0.407 e. The molecule has 0 spiro atoms. The zero-order chi connectivity index (χ0) is 27.5. The Morgan fingerprint density at radius 2 is 1.76 bits per heavy atom. The minimum Gasteiger partial charge on any atom is -0.480 e. The molecule has 2 heterocycles. The van der Waals surface area contributed by atoms with Gasteiger partial charge in [0.1, 0.15) is 5.60 Å². The molecule has 9 nitrogen and oxygen atoms in total. The van der Waals surface area contributed by atoms with Gasteiger partial charge in [0, 0.05) is 37.1 Å². The van der Waals surface area contributed by atoms with Crippen LogP contribution in [0.2, 0.25) is 0 Å². The van der Waals surface area contributed by atoms with E-state index in [0.29, 0.717) is 45.1 Å². The van der Waals surface area contributed by atoms with E-state index < -0.39 is 35.8 Å². The van der Waals surface area contributed by atoms with E-state index in [1.54, 1.807) is 5.38 Å². The number of carbonyl (C=O) groups is 2. The largest absolute Gasteiger partial charge is 0.480 e. The molecular formula is C26H36F2N4O5S. The van der Waals surface area contributed by atoms with Gasteiger partial charge in [-0.1, -0.05) is 12.8 Å². The van der Waals surface area contributed by atoms with Crippen LogP contribution in [0.3, 0.4) is 0 Å². The Bertz CT molecular complexity index is 1070. The quantitative estimate of drug-likeness (QED) is 0.373. The zero-order valence-corrected chi connectivity index (χ0v) is 22.9. The van der Waals surface area contributed by atoms with Gasteiger partial charge in [0.2, 0.25) is 5.82 Å². The first-order valence-electron chi connectivity index (χ1n) is 12.8. The van der Waals surface area contributed by atoms with Crippen molar-refractivity contribution in [2.45, 2.75) is 52.1 Å². The van der Waals surface area contributed by atoms with Crippen LogP contribution in [0.5, 0.6) is 5.75 Å². The summed E-state index contributed by atoms with van der Waals surface area (Å²) in [6, 6.07) is 2.43. The number of thiazole rings is 1.